The predicted octanol–water partition coefficient (Wildman–Crippen LogP) is 1.82. The van der Waals surface area contributed by atoms with E-state index in [-0.39, 0.29) is 6.10 Å². The molecule has 1 unspecified atom stereocenters. The molecule has 0 aromatic heterocycles. The molecule has 1 fully saturated rings. The number of carbonyl (C=O) groups excluding carboxylic acids is 1. The van der Waals surface area contributed by atoms with Crippen molar-refractivity contribution in [3.8, 4) is 5.75 Å². The number of ether oxygens (including phenoxy) is 2. The molecule has 0 aliphatic carbocycles. The smallest absolute Gasteiger partial charge is 0.240 e. The molecule has 0 N–H and O–H groups in total. The highest BCUT2D eigenvalue weighted by molar-refractivity contribution is 5.50. The Kier molecular flexibility index (Phi) is 3.12. The second-order valence-corrected chi connectivity index (χ2v) is 3.30. The van der Waals surface area contributed by atoms with Crippen LogP contribution in [0.4, 0.5) is 5.69 Å². The van der Waals surface area contributed by atoms with Gasteiger partial charge >= 0.3 is 0 Å². The van der Waals surface area contributed by atoms with Crippen molar-refractivity contribution >= 4 is 11.8 Å². The number of nitrogens with zero attached hydrogens (tertiary/aromatic N) is 1. The maximum atomic E-state index is 10.00. The van der Waals surface area contributed by atoms with Crippen LogP contribution in [0.2, 0.25) is 0 Å². The van der Waals surface area contributed by atoms with Crippen molar-refractivity contribution in [1.29, 1.82) is 0 Å². The monoisotopic (exact) mass is 205 g/mol. The third-order valence-corrected chi connectivity index (χ3v) is 2.20. The highest BCUT2D eigenvalue weighted by atomic mass is 16.5. The standard InChI is InChI=1S/C11H11NO3/c13-8-12-9-1-3-10(4-2-9)15-11-5-6-14-7-11/h1-4,11H,5-7H2. The molecular weight excluding hydrogens is 194 g/mol. The number of isocyanates is 1. The summed E-state index contributed by atoms with van der Waals surface area (Å²) in [6, 6.07) is 7.01. The minimum atomic E-state index is 0.144. The molecule has 0 amide bonds. The molecule has 0 spiro atoms. The van der Waals surface area contributed by atoms with Gasteiger partial charge in [-0.15, -0.1) is 0 Å². The fraction of sp³-hybridized carbons (Fsp3) is 0.364. The summed E-state index contributed by atoms with van der Waals surface area (Å²) in [6.45, 7) is 1.41. The van der Waals surface area contributed by atoms with E-state index < -0.39 is 0 Å². The normalized spacial score (nSPS) is 19.6. The third-order valence-electron chi connectivity index (χ3n) is 2.20. The van der Waals surface area contributed by atoms with E-state index in [9.17, 15) is 4.79 Å². The summed E-state index contributed by atoms with van der Waals surface area (Å²) < 4.78 is 10.8. The van der Waals surface area contributed by atoms with Crippen molar-refractivity contribution in [2.75, 3.05) is 13.2 Å². The number of rotatable bonds is 3. The van der Waals surface area contributed by atoms with Crippen LogP contribution >= 0.6 is 0 Å². The first kappa shape index (κ1) is 9.90. The lowest BCUT2D eigenvalue weighted by atomic mass is 10.3. The van der Waals surface area contributed by atoms with Gasteiger partial charge in [0.2, 0.25) is 6.08 Å². The minimum Gasteiger partial charge on any atom is -0.488 e. The van der Waals surface area contributed by atoms with Crippen LogP contribution < -0.4 is 4.74 Å². The molecule has 4 nitrogen and oxygen atoms in total. The van der Waals surface area contributed by atoms with Gasteiger partial charge in [-0.3, -0.25) is 0 Å². The number of aliphatic imine (C=N–C) groups is 1. The van der Waals surface area contributed by atoms with Crippen molar-refractivity contribution in [2.45, 2.75) is 12.5 Å². The SMILES string of the molecule is O=C=Nc1ccc(OC2CCOC2)cc1. The first-order valence-corrected chi connectivity index (χ1v) is 4.81. The van der Waals surface area contributed by atoms with Crippen LogP contribution in [0.25, 0.3) is 0 Å². The molecule has 1 heterocycles. The molecule has 15 heavy (non-hydrogen) atoms. The maximum absolute atomic E-state index is 10.00. The Hall–Kier alpha value is -1.64. The fourth-order valence-electron chi connectivity index (χ4n) is 1.45. The molecule has 1 saturated heterocycles. The lowest BCUT2D eigenvalue weighted by molar-refractivity contribution is 0.141. The highest BCUT2D eigenvalue weighted by Gasteiger charge is 2.16. The van der Waals surface area contributed by atoms with Gasteiger partial charge in [0.25, 0.3) is 0 Å². The molecule has 0 saturated carbocycles. The maximum Gasteiger partial charge on any atom is 0.240 e. The topological polar surface area (TPSA) is 47.9 Å². The van der Waals surface area contributed by atoms with Crippen LogP contribution in [-0.4, -0.2) is 25.4 Å². The predicted molar refractivity (Wildman–Crippen MR) is 54.1 cm³/mol. The van der Waals surface area contributed by atoms with Gasteiger partial charge < -0.3 is 9.47 Å². The second-order valence-electron chi connectivity index (χ2n) is 3.30. The summed E-state index contributed by atoms with van der Waals surface area (Å²) in [5.74, 6) is 0.773. The van der Waals surface area contributed by atoms with Crippen molar-refractivity contribution in [2.24, 2.45) is 4.99 Å². The van der Waals surface area contributed by atoms with Gasteiger partial charge in [-0.2, -0.15) is 4.99 Å². The van der Waals surface area contributed by atoms with E-state index in [0.29, 0.717) is 12.3 Å². The zero-order chi connectivity index (χ0) is 10.5. The van der Waals surface area contributed by atoms with E-state index in [0.717, 1.165) is 18.8 Å². The van der Waals surface area contributed by atoms with Crippen molar-refractivity contribution in [1.82, 2.24) is 0 Å². The lowest BCUT2D eigenvalue weighted by Crippen LogP contribution is -2.15. The average Bonchev–Trinajstić information content (AvgIpc) is 2.74. The molecule has 0 bridgehead atoms. The zero-order valence-electron chi connectivity index (χ0n) is 8.18. The van der Waals surface area contributed by atoms with Gasteiger partial charge in [0, 0.05) is 6.42 Å². The van der Waals surface area contributed by atoms with Gasteiger partial charge in [0.15, 0.2) is 0 Å². The van der Waals surface area contributed by atoms with E-state index >= 15 is 0 Å². The highest BCUT2D eigenvalue weighted by Crippen LogP contribution is 2.20. The lowest BCUT2D eigenvalue weighted by Gasteiger charge is -2.11. The molecule has 1 aromatic carbocycles. The Morgan fingerprint density at radius 3 is 2.80 bits per heavy atom. The number of hydrogen-bond acceptors (Lipinski definition) is 4. The van der Waals surface area contributed by atoms with Gasteiger partial charge in [-0.05, 0) is 24.3 Å². The van der Waals surface area contributed by atoms with E-state index in [1.54, 1.807) is 24.3 Å². The number of benzene rings is 1. The first-order chi connectivity index (χ1) is 7.38. The first-order valence-electron chi connectivity index (χ1n) is 4.81. The van der Waals surface area contributed by atoms with E-state index in [1.807, 2.05) is 0 Å². The van der Waals surface area contributed by atoms with Gasteiger partial charge in [0.05, 0.1) is 18.9 Å². The van der Waals surface area contributed by atoms with Crippen molar-refractivity contribution in [3.63, 3.8) is 0 Å². The molecule has 1 aliphatic rings. The average molecular weight is 205 g/mol. The fourth-order valence-corrected chi connectivity index (χ4v) is 1.45. The summed E-state index contributed by atoms with van der Waals surface area (Å²) >= 11 is 0. The Balaban J connectivity index is 1.99. The van der Waals surface area contributed by atoms with Crippen LogP contribution in [0, 0.1) is 0 Å². The Morgan fingerprint density at radius 1 is 1.40 bits per heavy atom. The Labute approximate surface area is 87.5 Å². The molecule has 1 aromatic rings. The van der Waals surface area contributed by atoms with Crippen molar-refractivity contribution in [3.05, 3.63) is 24.3 Å². The summed E-state index contributed by atoms with van der Waals surface area (Å²) in [4.78, 5) is 13.5. The summed E-state index contributed by atoms with van der Waals surface area (Å²) in [6.07, 6.45) is 2.56. The summed E-state index contributed by atoms with van der Waals surface area (Å²) in [5, 5.41) is 0. The van der Waals surface area contributed by atoms with Crippen molar-refractivity contribution < 1.29 is 14.3 Å². The Bertz CT molecular complexity index is 362. The van der Waals surface area contributed by atoms with Crippen LogP contribution in [0.15, 0.2) is 29.3 Å². The van der Waals surface area contributed by atoms with E-state index in [4.69, 9.17) is 9.47 Å². The summed E-state index contributed by atoms with van der Waals surface area (Å²) in [5.41, 5.74) is 0.583. The molecule has 2 rings (SSSR count). The van der Waals surface area contributed by atoms with Crippen LogP contribution in [0.1, 0.15) is 6.42 Å². The molecule has 78 valence electrons. The van der Waals surface area contributed by atoms with E-state index in [2.05, 4.69) is 4.99 Å². The van der Waals surface area contributed by atoms with Gasteiger partial charge in [0.1, 0.15) is 11.9 Å². The Morgan fingerprint density at radius 2 is 2.20 bits per heavy atom. The van der Waals surface area contributed by atoms with E-state index in [1.165, 1.54) is 6.08 Å². The molecule has 1 aliphatic heterocycles. The van der Waals surface area contributed by atoms with Crippen LogP contribution in [0.3, 0.4) is 0 Å². The van der Waals surface area contributed by atoms with Gasteiger partial charge in [-0.25, -0.2) is 4.79 Å². The largest absolute Gasteiger partial charge is 0.488 e. The zero-order valence-corrected chi connectivity index (χ0v) is 8.18. The number of hydrogen-bond donors (Lipinski definition) is 0. The quantitative estimate of drug-likeness (QED) is 0.558. The summed E-state index contributed by atoms with van der Waals surface area (Å²) in [7, 11) is 0. The molecule has 1 atom stereocenters. The minimum absolute atomic E-state index is 0.144. The molecule has 0 radical (unpaired) electrons. The van der Waals surface area contributed by atoms with Crippen LogP contribution in [0.5, 0.6) is 5.75 Å². The molecule has 4 heteroatoms. The molecular formula is C11H11NO3. The second kappa shape index (κ2) is 4.73. The van der Waals surface area contributed by atoms with Gasteiger partial charge in [-0.1, -0.05) is 0 Å². The van der Waals surface area contributed by atoms with Crippen LogP contribution in [-0.2, 0) is 9.53 Å². The third kappa shape index (κ3) is 2.65.